The van der Waals surface area contributed by atoms with Crippen LogP contribution in [0.2, 0.25) is 5.02 Å². The third-order valence-electron chi connectivity index (χ3n) is 3.77. The van der Waals surface area contributed by atoms with Gasteiger partial charge in [0.2, 0.25) is 0 Å². The predicted octanol–water partition coefficient (Wildman–Crippen LogP) is 5.29. The Hall–Kier alpha value is 0.0200. The normalized spacial score (nSPS) is 15.4. The third-order valence-corrected chi connectivity index (χ3v) is 5.20. The van der Waals surface area contributed by atoms with E-state index in [0.29, 0.717) is 11.6 Å². The number of carbonyl (C=O) groups excluding carboxylic acids is 1. The summed E-state index contributed by atoms with van der Waals surface area (Å²) >= 11 is 9.53. The van der Waals surface area contributed by atoms with Crippen molar-refractivity contribution in [2.24, 2.45) is 0 Å². The minimum Gasteiger partial charge on any atom is -0.463 e. The molecule has 0 atom stereocenters. The van der Waals surface area contributed by atoms with Crippen molar-refractivity contribution in [2.45, 2.75) is 42.8 Å². The van der Waals surface area contributed by atoms with Crippen LogP contribution in [-0.2, 0) is 9.53 Å². The molecule has 6 heteroatoms. The summed E-state index contributed by atoms with van der Waals surface area (Å²) in [5, 5.41) is 0.700. The van der Waals surface area contributed by atoms with Gasteiger partial charge >= 0.3 is 5.97 Å². The van der Waals surface area contributed by atoms with E-state index in [-0.39, 0.29) is 5.97 Å². The first-order valence-electron chi connectivity index (χ1n) is 8.19. The highest BCUT2D eigenvalue weighted by Gasteiger charge is 2.30. The summed E-state index contributed by atoms with van der Waals surface area (Å²) in [5.41, 5.74) is 0. The van der Waals surface area contributed by atoms with Crippen molar-refractivity contribution in [2.75, 3.05) is 31.2 Å². The van der Waals surface area contributed by atoms with Crippen molar-refractivity contribution >= 4 is 51.9 Å². The number of rotatable bonds is 6. The van der Waals surface area contributed by atoms with Gasteiger partial charge in [-0.25, -0.2) is 0 Å². The monoisotopic (exact) mass is 483 g/mol. The highest BCUT2D eigenvalue weighted by atomic mass is 127. The van der Waals surface area contributed by atoms with E-state index in [2.05, 4.69) is 27.5 Å². The number of nitrogens with zero attached hydrogens (tertiary/aromatic N) is 1. The van der Waals surface area contributed by atoms with Crippen molar-refractivity contribution in [3.63, 3.8) is 0 Å². The molecule has 1 aromatic rings. The summed E-state index contributed by atoms with van der Waals surface area (Å²) in [7, 11) is 0. The van der Waals surface area contributed by atoms with E-state index in [4.69, 9.17) is 16.3 Å². The fraction of sp³-hybridized carbons (Fsp3) is 0.611. The van der Waals surface area contributed by atoms with Crippen LogP contribution in [0.1, 0.15) is 33.1 Å². The van der Waals surface area contributed by atoms with Gasteiger partial charge in [0.25, 0.3) is 0 Å². The van der Waals surface area contributed by atoms with Crippen LogP contribution in [0, 0.1) is 0 Å². The van der Waals surface area contributed by atoms with Gasteiger partial charge in [0.1, 0.15) is 11.4 Å². The molecule has 0 aliphatic carbocycles. The highest BCUT2D eigenvalue weighted by molar-refractivity contribution is 14.1. The summed E-state index contributed by atoms with van der Waals surface area (Å²) in [6.45, 7) is 7.36. The number of alkyl halides is 1. The quantitative estimate of drug-likeness (QED) is 0.238. The molecule has 0 spiro atoms. The number of benzene rings is 1. The average Bonchev–Trinajstić information content (AvgIpc) is 2.59. The smallest absolute Gasteiger partial charge is 0.322 e. The van der Waals surface area contributed by atoms with Crippen molar-refractivity contribution < 1.29 is 9.53 Å². The van der Waals surface area contributed by atoms with Gasteiger partial charge in [-0.3, -0.25) is 9.69 Å². The maximum atomic E-state index is 12.3. The van der Waals surface area contributed by atoms with E-state index in [0.717, 1.165) is 24.5 Å². The number of likely N-dealkylation sites (tertiary alicyclic amines) is 1. The van der Waals surface area contributed by atoms with Gasteiger partial charge in [-0.15, -0.1) is 11.8 Å². The molecule has 3 nitrogen and oxygen atoms in total. The lowest BCUT2D eigenvalue weighted by atomic mass is 10.1. The lowest BCUT2D eigenvalue weighted by Crippen LogP contribution is -2.36. The second-order valence-corrected chi connectivity index (χ2v) is 8.24. The van der Waals surface area contributed by atoms with Gasteiger partial charge < -0.3 is 4.74 Å². The molecule has 1 aliphatic rings. The van der Waals surface area contributed by atoms with Crippen LogP contribution in [0.3, 0.4) is 0 Å². The summed E-state index contributed by atoms with van der Waals surface area (Å²) in [6, 6.07) is 7.52. The molecule has 1 heterocycles. The Kier molecular flexibility index (Phi) is 10.7. The highest BCUT2D eigenvalue weighted by Crippen LogP contribution is 2.34. The second-order valence-electron chi connectivity index (χ2n) is 6.10. The Morgan fingerprint density at radius 2 is 1.79 bits per heavy atom. The molecular formula is C18H27ClINO2S. The summed E-state index contributed by atoms with van der Waals surface area (Å²) in [6.07, 6.45) is 3.83. The van der Waals surface area contributed by atoms with Gasteiger partial charge in [0.05, 0.1) is 0 Å². The maximum absolute atomic E-state index is 12.3. The largest absolute Gasteiger partial charge is 0.463 e. The van der Waals surface area contributed by atoms with Gasteiger partial charge in [-0.2, -0.15) is 0 Å². The molecule has 0 bridgehead atoms. The molecule has 1 aromatic carbocycles. The van der Waals surface area contributed by atoms with Gasteiger partial charge in [0.15, 0.2) is 0 Å². The Labute approximate surface area is 169 Å². The number of halogens is 2. The van der Waals surface area contributed by atoms with E-state index in [1.165, 1.54) is 31.0 Å². The minimum atomic E-state index is -0.601. The van der Waals surface area contributed by atoms with E-state index in [9.17, 15) is 4.79 Å². The first-order chi connectivity index (χ1) is 11.5. The Morgan fingerprint density at radius 3 is 2.38 bits per heavy atom. The van der Waals surface area contributed by atoms with Gasteiger partial charge in [0, 0.05) is 16.5 Å². The number of hydrogen-bond acceptors (Lipinski definition) is 4. The van der Waals surface area contributed by atoms with Crippen LogP contribution in [0.15, 0.2) is 29.2 Å². The van der Waals surface area contributed by atoms with Crippen molar-refractivity contribution in [3.8, 4) is 0 Å². The number of thioether (sulfide) groups is 1. The van der Waals surface area contributed by atoms with Crippen molar-refractivity contribution in [1.82, 2.24) is 4.90 Å². The van der Waals surface area contributed by atoms with Crippen LogP contribution in [-0.4, -0.2) is 46.8 Å². The summed E-state index contributed by atoms with van der Waals surface area (Å²) < 4.78 is 4.88. The molecular weight excluding hydrogens is 457 g/mol. The van der Waals surface area contributed by atoms with E-state index in [1.807, 2.05) is 43.0 Å². The fourth-order valence-electron chi connectivity index (χ4n) is 2.46. The standard InChI is InChI=1S/C17H24ClNO2S.CH3I/c1-17(2,22-15-8-6-14(18)7-9-15)16(20)21-13-12-19-10-4-3-5-11-19;1-2/h6-9H,3-5,10-13H2,1-2H3;1H3. The zero-order valence-corrected chi connectivity index (χ0v) is 18.4. The van der Waals surface area contributed by atoms with Crippen LogP contribution < -0.4 is 0 Å². The minimum absolute atomic E-state index is 0.163. The van der Waals surface area contributed by atoms with Crippen LogP contribution in [0.4, 0.5) is 0 Å². The Bertz CT molecular complexity index is 490. The van der Waals surface area contributed by atoms with E-state index < -0.39 is 4.75 Å². The fourth-order valence-corrected chi connectivity index (χ4v) is 3.59. The third kappa shape index (κ3) is 7.93. The molecule has 1 saturated heterocycles. The molecule has 0 radical (unpaired) electrons. The van der Waals surface area contributed by atoms with Crippen LogP contribution in [0.5, 0.6) is 0 Å². The summed E-state index contributed by atoms with van der Waals surface area (Å²) in [4.78, 5) is 17.6. The molecule has 0 N–H and O–H groups in total. The first kappa shape index (κ1) is 22.1. The maximum Gasteiger partial charge on any atom is 0.322 e. The predicted molar refractivity (Wildman–Crippen MR) is 113 cm³/mol. The molecule has 0 amide bonds. The lowest BCUT2D eigenvalue weighted by Gasteiger charge is -2.27. The number of esters is 1. The first-order valence-corrected chi connectivity index (χ1v) is 11.5. The zero-order valence-electron chi connectivity index (χ0n) is 14.7. The Balaban J connectivity index is 0.00000139. The average molecular weight is 484 g/mol. The number of carbonyl (C=O) groups is 1. The summed E-state index contributed by atoms with van der Waals surface area (Å²) in [5.74, 6) is -0.163. The van der Waals surface area contributed by atoms with Crippen molar-refractivity contribution in [3.05, 3.63) is 29.3 Å². The lowest BCUT2D eigenvalue weighted by molar-refractivity contribution is -0.146. The molecule has 0 saturated carbocycles. The number of ether oxygens (including phenoxy) is 1. The van der Waals surface area contributed by atoms with Gasteiger partial charge in [-0.05, 0) is 69.0 Å². The van der Waals surface area contributed by atoms with E-state index >= 15 is 0 Å². The molecule has 0 aromatic heterocycles. The number of piperidine rings is 1. The molecule has 1 aliphatic heterocycles. The zero-order chi connectivity index (χ0) is 18.0. The molecule has 136 valence electrons. The molecule has 2 rings (SSSR count). The Morgan fingerprint density at radius 1 is 1.21 bits per heavy atom. The van der Waals surface area contributed by atoms with Gasteiger partial charge in [-0.1, -0.05) is 40.6 Å². The molecule has 24 heavy (non-hydrogen) atoms. The molecule has 0 unspecified atom stereocenters. The van der Waals surface area contributed by atoms with E-state index in [1.54, 1.807) is 0 Å². The van der Waals surface area contributed by atoms with Crippen molar-refractivity contribution in [1.29, 1.82) is 0 Å². The second kappa shape index (κ2) is 11.6. The topological polar surface area (TPSA) is 29.5 Å². The molecule has 1 fully saturated rings. The van der Waals surface area contributed by atoms with Crippen LogP contribution in [0.25, 0.3) is 0 Å². The number of hydrogen-bond donors (Lipinski definition) is 0. The SMILES string of the molecule is CC(C)(Sc1ccc(Cl)cc1)C(=O)OCCN1CCCCC1.CI. The van der Waals surface area contributed by atoms with Crippen LogP contribution >= 0.6 is 46.0 Å².